The van der Waals surface area contributed by atoms with E-state index in [0.717, 1.165) is 0 Å². The number of hydrogen-bond acceptors (Lipinski definition) is 8. The van der Waals surface area contributed by atoms with E-state index in [4.69, 9.17) is 0 Å². The number of nitrogens with two attached hydrogens (primary N) is 3. The van der Waals surface area contributed by atoms with E-state index >= 15 is 0 Å². The summed E-state index contributed by atoms with van der Waals surface area (Å²) in [7, 11) is 0. The molecule has 16 heteroatoms. The first-order valence-corrected chi connectivity index (χ1v) is 4.78. The first kappa shape index (κ1) is 15.2. The van der Waals surface area contributed by atoms with Crippen LogP contribution in [0.3, 0.4) is 0 Å². The largest absolute Gasteiger partial charge is 0.420 e. The zero-order valence-electron chi connectivity index (χ0n) is 10.00. The van der Waals surface area contributed by atoms with Crippen LogP contribution >= 0.6 is 0 Å². The molecule has 0 atom stereocenters. The summed E-state index contributed by atoms with van der Waals surface area (Å²) >= 11 is 0. The Morgan fingerprint density at radius 1 is 1.24 bits per heavy atom. The van der Waals surface area contributed by atoms with Gasteiger partial charge in [0.1, 0.15) is 16.8 Å². The standard InChI is InChI=1S/C4H2N9O4.CH5N3/c14-12(15)3-1(6-11-8-3)2-5-4(9-7-2)10-13(16)17;2-1(3)4/h(H2-,5,6,7,8,9,10,11);(H5,2,3,4)/q-1;/p+1. The lowest BCUT2D eigenvalue weighted by Crippen LogP contribution is -2.51. The van der Waals surface area contributed by atoms with Crippen molar-refractivity contribution in [2.75, 3.05) is 0 Å². The average molecular weight is 300 g/mol. The molecule has 0 saturated carbocycles. The van der Waals surface area contributed by atoms with Gasteiger partial charge in [-0.25, -0.2) is 15.2 Å². The molecule has 0 aliphatic carbocycles. The lowest BCUT2D eigenvalue weighted by molar-refractivity contribution is -0.419. The third-order valence-corrected chi connectivity index (χ3v) is 1.56. The van der Waals surface area contributed by atoms with Crippen molar-refractivity contribution in [1.29, 1.82) is 0 Å². The molecule has 0 radical (unpaired) electrons. The van der Waals surface area contributed by atoms with Crippen LogP contribution in [0.1, 0.15) is 0 Å². The fourth-order valence-electron chi connectivity index (χ4n) is 0.984. The fraction of sp³-hybridized carbons (Fsp3) is 0. The summed E-state index contributed by atoms with van der Waals surface area (Å²) in [4.78, 5) is 23.3. The van der Waals surface area contributed by atoms with Gasteiger partial charge < -0.3 is 20.2 Å². The maximum atomic E-state index is 10.5. The summed E-state index contributed by atoms with van der Waals surface area (Å²) in [5, 5.41) is 38.5. The van der Waals surface area contributed by atoms with Gasteiger partial charge in [-0.1, -0.05) is 5.43 Å². The Morgan fingerprint density at radius 3 is 2.38 bits per heavy atom. The number of hydrogen-bond donors (Lipinski definition) is 5. The molecule has 2 heterocycles. The van der Waals surface area contributed by atoms with Gasteiger partial charge in [0.15, 0.2) is 0 Å². The maximum absolute atomic E-state index is 10.5. The molecule has 8 N–H and O–H groups in total. The number of H-pyrrole nitrogens is 2. The molecule has 0 aliphatic rings. The van der Waals surface area contributed by atoms with Gasteiger partial charge in [-0.15, -0.1) is 10.3 Å². The maximum Gasteiger partial charge on any atom is 0.420 e. The molecule has 16 nitrogen and oxygen atoms in total. The quantitative estimate of drug-likeness (QED) is 0.162. The Kier molecular flexibility index (Phi) is 4.60. The Labute approximate surface area is 113 Å². The van der Waals surface area contributed by atoms with Gasteiger partial charge in [-0.3, -0.25) is 16.9 Å². The van der Waals surface area contributed by atoms with E-state index in [1.165, 1.54) is 0 Å². The second-order valence-electron chi connectivity index (χ2n) is 3.07. The van der Waals surface area contributed by atoms with Crippen molar-refractivity contribution in [3.8, 4) is 11.5 Å². The molecule has 2 rings (SSSR count). The minimum Gasteiger partial charge on any atom is -0.358 e. The van der Waals surface area contributed by atoms with Gasteiger partial charge in [0.2, 0.25) is 5.69 Å². The van der Waals surface area contributed by atoms with Gasteiger partial charge in [-0.05, 0) is 4.92 Å². The molecule has 0 bridgehead atoms. The van der Waals surface area contributed by atoms with E-state index in [1.54, 1.807) is 0 Å². The van der Waals surface area contributed by atoms with E-state index in [9.17, 15) is 20.2 Å². The van der Waals surface area contributed by atoms with Crippen molar-refractivity contribution in [3.05, 3.63) is 25.7 Å². The van der Waals surface area contributed by atoms with Gasteiger partial charge >= 0.3 is 11.8 Å². The normalized spacial score (nSPS) is 9.33. The summed E-state index contributed by atoms with van der Waals surface area (Å²) < 4.78 is 0. The lowest BCUT2D eigenvalue weighted by atomic mass is 10.4. The number of aromatic amines is 2. The number of nitrogens with zero attached hydrogens (tertiary/aromatic N) is 7. The smallest absolute Gasteiger partial charge is 0.358 e. The lowest BCUT2D eigenvalue weighted by Gasteiger charge is -1.94. The molecule has 0 saturated heterocycles. The minimum absolute atomic E-state index is 0.0833. The monoisotopic (exact) mass is 300 g/mol. The van der Waals surface area contributed by atoms with Crippen molar-refractivity contribution in [1.82, 2.24) is 30.6 Å². The third kappa shape index (κ3) is 4.39. The molecule has 0 fully saturated rings. The molecule has 0 amide bonds. The number of nitrogens with one attached hydrogen (secondary N) is 2. The predicted octanol–water partition coefficient (Wildman–Crippen LogP) is -3.29. The van der Waals surface area contributed by atoms with Crippen LogP contribution in [-0.2, 0) is 0 Å². The number of guanidine groups is 1. The third-order valence-electron chi connectivity index (χ3n) is 1.56. The summed E-state index contributed by atoms with van der Waals surface area (Å²) in [5.41, 5.74) is 11.8. The molecule has 0 unspecified atom stereocenters. The predicted molar refractivity (Wildman–Crippen MR) is 63.7 cm³/mol. The van der Waals surface area contributed by atoms with Crippen LogP contribution in [0, 0.1) is 20.2 Å². The second-order valence-corrected chi connectivity index (χ2v) is 3.07. The highest BCUT2D eigenvalue weighted by Crippen LogP contribution is 2.23. The van der Waals surface area contributed by atoms with Crippen LogP contribution in [0.5, 0.6) is 0 Å². The SMILES string of the molecule is NC(N)=[NH2+].O=[N+]([O-])[N-]c1nc(-c2n[nH]nc2[N+](=O)[O-])n[nH]1. The number of nitro groups is 2. The van der Waals surface area contributed by atoms with E-state index < -0.39 is 21.7 Å². The summed E-state index contributed by atoms with van der Waals surface area (Å²) in [6, 6.07) is 0. The van der Waals surface area contributed by atoms with Crippen LogP contribution in [0.2, 0.25) is 0 Å². The van der Waals surface area contributed by atoms with Crippen molar-refractivity contribution in [2.45, 2.75) is 0 Å². The van der Waals surface area contributed by atoms with Crippen molar-refractivity contribution < 1.29 is 15.4 Å². The second kappa shape index (κ2) is 6.36. The Bertz CT molecular complexity index is 654. The molecule has 21 heavy (non-hydrogen) atoms. The summed E-state index contributed by atoms with van der Waals surface area (Å²) in [5.74, 6) is -1.29. The zero-order valence-corrected chi connectivity index (χ0v) is 10.00. The van der Waals surface area contributed by atoms with Gasteiger partial charge in [-0.2, -0.15) is 0 Å². The fourth-order valence-corrected chi connectivity index (χ4v) is 0.984. The van der Waals surface area contributed by atoms with Crippen LogP contribution in [0.15, 0.2) is 0 Å². The topological polar surface area (TPSA) is 261 Å². The van der Waals surface area contributed by atoms with Crippen LogP contribution < -0.4 is 16.9 Å². The summed E-state index contributed by atoms with van der Waals surface area (Å²) in [6.45, 7) is 0. The Hall–Kier alpha value is -3.85. The highest BCUT2D eigenvalue weighted by atomic mass is 16.7. The van der Waals surface area contributed by atoms with Crippen LogP contribution in [0.25, 0.3) is 16.9 Å². The highest BCUT2D eigenvalue weighted by molar-refractivity contribution is 5.68. The van der Waals surface area contributed by atoms with Crippen LogP contribution in [0.4, 0.5) is 11.8 Å². The number of aromatic nitrogens is 6. The van der Waals surface area contributed by atoms with E-state index in [2.05, 4.69) is 47.7 Å². The first-order chi connectivity index (χ1) is 9.81. The molecule has 0 aliphatic heterocycles. The zero-order chi connectivity index (χ0) is 16.0. The van der Waals surface area contributed by atoms with Crippen molar-refractivity contribution in [3.63, 3.8) is 0 Å². The van der Waals surface area contributed by atoms with Crippen molar-refractivity contribution in [2.24, 2.45) is 11.5 Å². The molecule has 0 aromatic carbocycles. The summed E-state index contributed by atoms with van der Waals surface area (Å²) in [6.07, 6.45) is 0. The van der Waals surface area contributed by atoms with E-state index in [1.807, 2.05) is 5.21 Å². The molecule has 112 valence electrons. The average Bonchev–Trinajstić information content (AvgIpc) is 2.94. The van der Waals surface area contributed by atoms with Crippen LogP contribution in [-0.4, -0.2) is 46.5 Å². The number of rotatable bonds is 4. The van der Waals surface area contributed by atoms with Gasteiger partial charge in [0.25, 0.3) is 0 Å². The molecular formula is C5H8N12O4. The minimum atomic E-state index is -0.985. The van der Waals surface area contributed by atoms with E-state index in [-0.39, 0.29) is 17.5 Å². The molecule has 2 aromatic rings. The van der Waals surface area contributed by atoms with Gasteiger partial charge in [0, 0.05) is 0 Å². The molecule has 0 spiro atoms. The molecular weight excluding hydrogens is 292 g/mol. The first-order valence-electron chi connectivity index (χ1n) is 4.78. The Morgan fingerprint density at radius 2 is 1.86 bits per heavy atom. The molecule has 2 aromatic heterocycles. The Balaban J connectivity index is 0.000000491. The van der Waals surface area contributed by atoms with E-state index in [0.29, 0.717) is 0 Å². The van der Waals surface area contributed by atoms with Crippen molar-refractivity contribution >= 4 is 17.7 Å². The van der Waals surface area contributed by atoms with Gasteiger partial charge in [0.05, 0.1) is 5.10 Å². The highest BCUT2D eigenvalue weighted by Gasteiger charge is 2.22.